The molecular formula is C25H29N5. The highest BCUT2D eigenvalue weighted by molar-refractivity contribution is 5.85. The van der Waals surface area contributed by atoms with Crippen LogP contribution >= 0.6 is 0 Å². The summed E-state index contributed by atoms with van der Waals surface area (Å²) >= 11 is 0. The Balaban J connectivity index is 1.52. The van der Waals surface area contributed by atoms with E-state index in [1.54, 1.807) is 0 Å². The first-order chi connectivity index (χ1) is 14.7. The summed E-state index contributed by atoms with van der Waals surface area (Å²) in [7, 11) is 0. The molecule has 30 heavy (non-hydrogen) atoms. The maximum atomic E-state index is 4.92. The van der Waals surface area contributed by atoms with Crippen LogP contribution in [0.2, 0.25) is 0 Å². The SMILES string of the molecule is CCCCc1ncc(CN2CCc3c([nH]c4ccccc34)C2c2cccc(C)n2)[nH]1. The largest absolute Gasteiger partial charge is 0.357 e. The number of aryl methyl sites for hydroxylation is 2. The summed E-state index contributed by atoms with van der Waals surface area (Å²) in [5.41, 5.74) is 7.27. The van der Waals surface area contributed by atoms with Gasteiger partial charge in [-0.1, -0.05) is 37.6 Å². The van der Waals surface area contributed by atoms with Crippen LogP contribution in [0.25, 0.3) is 10.9 Å². The lowest BCUT2D eigenvalue weighted by atomic mass is 9.94. The van der Waals surface area contributed by atoms with Crippen molar-refractivity contribution >= 4 is 10.9 Å². The van der Waals surface area contributed by atoms with Crippen molar-refractivity contribution in [3.63, 3.8) is 0 Å². The van der Waals surface area contributed by atoms with Crippen LogP contribution in [0.3, 0.4) is 0 Å². The highest BCUT2D eigenvalue weighted by Crippen LogP contribution is 2.38. The molecule has 1 aliphatic rings. The topological polar surface area (TPSA) is 60.6 Å². The monoisotopic (exact) mass is 399 g/mol. The number of nitrogens with one attached hydrogen (secondary N) is 2. The van der Waals surface area contributed by atoms with E-state index < -0.39 is 0 Å². The summed E-state index contributed by atoms with van der Waals surface area (Å²) < 4.78 is 0. The highest BCUT2D eigenvalue weighted by Gasteiger charge is 2.32. The van der Waals surface area contributed by atoms with Crippen LogP contribution in [-0.4, -0.2) is 31.4 Å². The first-order valence-corrected chi connectivity index (χ1v) is 11.0. The zero-order valence-corrected chi connectivity index (χ0v) is 17.8. The van der Waals surface area contributed by atoms with E-state index in [1.165, 1.54) is 40.7 Å². The molecule has 0 spiro atoms. The number of unbranched alkanes of at least 4 members (excludes halogenated alkanes) is 1. The number of para-hydroxylation sites is 1. The molecule has 0 saturated carbocycles. The third-order valence-electron chi connectivity index (χ3n) is 6.15. The number of aromatic amines is 2. The first kappa shape index (κ1) is 19.1. The van der Waals surface area contributed by atoms with Gasteiger partial charge in [0, 0.05) is 53.7 Å². The molecule has 5 heteroatoms. The molecule has 4 heterocycles. The Bertz CT molecular complexity index is 1160. The number of benzene rings is 1. The minimum Gasteiger partial charge on any atom is -0.357 e. The third kappa shape index (κ3) is 3.54. The second-order valence-corrected chi connectivity index (χ2v) is 8.35. The van der Waals surface area contributed by atoms with Crippen molar-refractivity contribution in [1.29, 1.82) is 0 Å². The predicted molar refractivity (Wildman–Crippen MR) is 120 cm³/mol. The smallest absolute Gasteiger partial charge is 0.106 e. The first-order valence-electron chi connectivity index (χ1n) is 11.0. The summed E-state index contributed by atoms with van der Waals surface area (Å²) in [6, 6.07) is 15.1. The maximum Gasteiger partial charge on any atom is 0.106 e. The molecule has 1 aliphatic heterocycles. The molecule has 1 atom stereocenters. The molecular weight excluding hydrogens is 370 g/mol. The Morgan fingerprint density at radius 3 is 2.87 bits per heavy atom. The third-order valence-corrected chi connectivity index (χ3v) is 6.15. The molecule has 0 bridgehead atoms. The van der Waals surface area contributed by atoms with Gasteiger partial charge in [0.1, 0.15) is 5.82 Å². The molecule has 0 saturated heterocycles. The van der Waals surface area contributed by atoms with E-state index in [-0.39, 0.29) is 6.04 Å². The second kappa shape index (κ2) is 8.07. The van der Waals surface area contributed by atoms with Gasteiger partial charge in [-0.2, -0.15) is 0 Å². The van der Waals surface area contributed by atoms with Gasteiger partial charge in [-0.15, -0.1) is 0 Å². The van der Waals surface area contributed by atoms with Gasteiger partial charge in [0.05, 0.1) is 11.7 Å². The van der Waals surface area contributed by atoms with Gasteiger partial charge >= 0.3 is 0 Å². The van der Waals surface area contributed by atoms with Crippen LogP contribution in [0.15, 0.2) is 48.7 Å². The Hall–Kier alpha value is -2.92. The lowest BCUT2D eigenvalue weighted by molar-refractivity contribution is 0.196. The van der Waals surface area contributed by atoms with Crippen molar-refractivity contribution in [3.05, 3.63) is 82.8 Å². The molecule has 0 aliphatic carbocycles. The maximum absolute atomic E-state index is 4.92. The van der Waals surface area contributed by atoms with E-state index in [0.29, 0.717) is 0 Å². The molecule has 154 valence electrons. The summed E-state index contributed by atoms with van der Waals surface area (Å²) in [6.45, 7) is 6.12. The van der Waals surface area contributed by atoms with Crippen LogP contribution in [0.5, 0.6) is 0 Å². The molecule has 4 aromatic rings. The number of fused-ring (bicyclic) bond motifs is 3. The van der Waals surface area contributed by atoms with Gasteiger partial charge < -0.3 is 9.97 Å². The average Bonchev–Trinajstić information content (AvgIpc) is 3.36. The average molecular weight is 400 g/mol. The van der Waals surface area contributed by atoms with Crippen molar-refractivity contribution in [2.75, 3.05) is 6.54 Å². The number of aromatic nitrogens is 4. The van der Waals surface area contributed by atoms with Gasteiger partial charge in [-0.3, -0.25) is 9.88 Å². The summed E-state index contributed by atoms with van der Waals surface area (Å²) in [5.74, 6) is 1.10. The summed E-state index contributed by atoms with van der Waals surface area (Å²) in [6.07, 6.45) is 6.42. The van der Waals surface area contributed by atoms with Crippen LogP contribution < -0.4 is 0 Å². The highest BCUT2D eigenvalue weighted by atomic mass is 15.2. The van der Waals surface area contributed by atoms with E-state index in [0.717, 1.165) is 43.1 Å². The number of H-pyrrole nitrogens is 2. The van der Waals surface area contributed by atoms with Crippen LogP contribution in [0.1, 0.15) is 60.0 Å². The predicted octanol–water partition coefficient (Wildman–Crippen LogP) is 5.08. The Labute approximate surface area is 177 Å². The molecule has 0 radical (unpaired) electrons. The Morgan fingerprint density at radius 1 is 1.10 bits per heavy atom. The Kier molecular flexibility index (Phi) is 5.13. The normalized spacial score (nSPS) is 16.8. The minimum absolute atomic E-state index is 0.114. The molecule has 5 nitrogen and oxygen atoms in total. The molecule has 0 amide bonds. The van der Waals surface area contributed by atoms with E-state index in [4.69, 9.17) is 4.98 Å². The van der Waals surface area contributed by atoms with Crippen molar-refractivity contribution in [2.45, 2.75) is 52.1 Å². The van der Waals surface area contributed by atoms with Crippen molar-refractivity contribution < 1.29 is 0 Å². The van der Waals surface area contributed by atoms with Gasteiger partial charge in [0.25, 0.3) is 0 Å². The quantitative estimate of drug-likeness (QED) is 0.475. The van der Waals surface area contributed by atoms with Crippen LogP contribution in [0.4, 0.5) is 0 Å². The number of hydrogen-bond donors (Lipinski definition) is 2. The fourth-order valence-corrected chi connectivity index (χ4v) is 4.69. The zero-order chi connectivity index (χ0) is 20.5. The Morgan fingerprint density at radius 2 is 2.00 bits per heavy atom. The van der Waals surface area contributed by atoms with Crippen molar-refractivity contribution in [3.8, 4) is 0 Å². The van der Waals surface area contributed by atoms with Gasteiger partial charge in [-0.25, -0.2) is 4.98 Å². The van der Waals surface area contributed by atoms with Crippen LogP contribution in [0, 0.1) is 6.92 Å². The lowest BCUT2D eigenvalue weighted by Gasteiger charge is -2.35. The molecule has 1 unspecified atom stereocenters. The van der Waals surface area contributed by atoms with Crippen LogP contribution in [-0.2, 0) is 19.4 Å². The van der Waals surface area contributed by atoms with E-state index >= 15 is 0 Å². The fourth-order valence-electron chi connectivity index (χ4n) is 4.69. The molecule has 2 N–H and O–H groups in total. The van der Waals surface area contributed by atoms with Gasteiger partial charge in [-0.05, 0) is 43.5 Å². The molecule has 5 rings (SSSR count). The number of rotatable bonds is 6. The van der Waals surface area contributed by atoms with E-state index in [1.807, 2.05) is 6.20 Å². The van der Waals surface area contributed by atoms with E-state index in [2.05, 4.69) is 76.2 Å². The number of pyridine rings is 1. The second-order valence-electron chi connectivity index (χ2n) is 8.35. The number of hydrogen-bond acceptors (Lipinski definition) is 3. The molecule has 1 aromatic carbocycles. The fraction of sp³-hybridized carbons (Fsp3) is 0.360. The number of imidazole rings is 1. The summed E-state index contributed by atoms with van der Waals surface area (Å²) in [5, 5.41) is 1.34. The van der Waals surface area contributed by atoms with Gasteiger partial charge in [0.2, 0.25) is 0 Å². The molecule has 3 aromatic heterocycles. The van der Waals surface area contributed by atoms with E-state index in [9.17, 15) is 0 Å². The summed E-state index contributed by atoms with van der Waals surface area (Å²) in [4.78, 5) is 19.3. The standard InChI is InChI=1S/C25H29N5/c1-3-4-12-23-26-15-18(28-23)16-30-14-13-20-19-9-5-6-10-21(19)29-24(20)25(30)22-11-7-8-17(2)27-22/h5-11,15,25,29H,3-4,12-14,16H2,1-2H3,(H,26,28). The zero-order valence-electron chi connectivity index (χ0n) is 17.8. The minimum atomic E-state index is 0.114. The lowest BCUT2D eigenvalue weighted by Crippen LogP contribution is -2.36. The van der Waals surface area contributed by atoms with Crippen molar-refractivity contribution in [1.82, 2.24) is 24.8 Å². The number of nitrogens with zero attached hydrogens (tertiary/aromatic N) is 3. The van der Waals surface area contributed by atoms with Gasteiger partial charge in [0.15, 0.2) is 0 Å². The molecule has 0 fully saturated rings. The van der Waals surface area contributed by atoms with Crippen molar-refractivity contribution in [2.24, 2.45) is 0 Å².